The van der Waals surface area contributed by atoms with E-state index >= 15 is 0 Å². The summed E-state index contributed by atoms with van der Waals surface area (Å²) in [4.78, 5) is 22.5. The molecule has 2 aliphatic carbocycles. The number of rotatable bonds is 19. The number of amides is 1. The molecule has 6 rings (SSSR count). The molecule has 1 aliphatic heterocycles. The lowest BCUT2D eigenvalue weighted by Gasteiger charge is -2.59. The van der Waals surface area contributed by atoms with Gasteiger partial charge in [-0.25, -0.2) is 4.79 Å². The van der Waals surface area contributed by atoms with E-state index in [-0.39, 0.29) is 57.2 Å². The van der Waals surface area contributed by atoms with E-state index in [9.17, 15) is 15.0 Å². The quantitative estimate of drug-likeness (QED) is 0.0531. The van der Waals surface area contributed by atoms with E-state index in [0.29, 0.717) is 24.3 Å². The zero-order valence-electron chi connectivity index (χ0n) is 32.8. The molecule has 0 unspecified atom stereocenters. The highest BCUT2D eigenvalue weighted by Gasteiger charge is 2.65. The number of unbranched alkanes of at least 4 members (excludes halogenated alkanes) is 2. The van der Waals surface area contributed by atoms with Crippen LogP contribution in [0.1, 0.15) is 68.9 Å². The van der Waals surface area contributed by atoms with Gasteiger partial charge in [-0.2, -0.15) is 0 Å². The molecule has 1 fully saturated rings. The molecule has 56 heavy (non-hydrogen) atoms. The van der Waals surface area contributed by atoms with Crippen LogP contribution >= 0.6 is 11.8 Å². The lowest BCUT2D eigenvalue weighted by Crippen LogP contribution is -2.69. The van der Waals surface area contributed by atoms with Gasteiger partial charge in [-0.15, -0.1) is 18.3 Å². The molecule has 3 aromatic carbocycles. The normalized spacial score (nSPS) is 24.3. The first-order chi connectivity index (χ1) is 27.4. The van der Waals surface area contributed by atoms with Crippen molar-refractivity contribution in [1.82, 2.24) is 4.90 Å². The first-order valence-corrected chi connectivity index (χ1v) is 21.1. The van der Waals surface area contributed by atoms with Gasteiger partial charge in [0.05, 0.1) is 24.8 Å². The van der Waals surface area contributed by atoms with Crippen LogP contribution in [-0.4, -0.2) is 78.5 Å². The molecule has 0 spiro atoms. The highest BCUT2D eigenvalue weighted by Crippen LogP contribution is 2.62. The molecule has 0 radical (unpaired) electrons. The second-order valence-electron chi connectivity index (χ2n) is 14.6. The summed E-state index contributed by atoms with van der Waals surface area (Å²) in [5.41, 5.74) is 3.67. The van der Waals surface area contributed by atoms with E-state index in [2.05, 4.69) is 18.7 Å². The van der Waals surface area contributed by atoms with Crippen molar-refractivity contribution in [3.05, 3.63) is 108 Å². The summed E-state index contributed by atoms with van der Waals surface area (Å²) in [6.07, 6.45) is 10.6. The number of ether oxygens (including phenoxy) is 4. The largest absolute Gasteiger partial charge is 0.459 e. The molecule has 2 N–H and O–H groups in total. The molecule has 10 nitrogen and oxygen atoms in total. The third kappa shape index (κ3) is 9.12. The maximum Gasteiger partial charge on any atom is 0.409 e. The Morgan fingerprint density at radius 1 is 1.02 bits per heavy atom. The van der Waals surface area contributed by atoms with Gasteiger partial charge >= 0.3 is 6.09 Å². The maximum absolute atomic E-state index is 13.7. The van der Waals surface area contributed by atoms with Gasteiger partial charge < -0.3 is 38.9 Å². The van der Waals surface area contributed by atoms with Crippen molar-refractivity contribution in [2.45, 2.75) is 81.1 Å². The van der Waals surface area contributed by atoms with Crippen molar-refractivity contribution in [3.63, 3.8) is 0 Å². The van der Waals surface area contributed by atoms with Crippen LogP contribution in [0.15, 0.2) is 107 Å². The van der Waals surface area contributed by atoms with Gasteiger partial charge in [0.25, 0.3) is 0 Å². The van der Waals surface area contributed by atoms with Crippen LogP contribution in [0.4, 0.5) is 4.79 Å². The van der Waals surface area contributed by atoms with Crippen LogP contribution in [0.25, 0.3) is 0 Å². The fraction of sp³-hybridized carbons (Fsp3) is 0.467. The summed E-state index contributed by atoms with van der Waals surface area (Å²) in [6.45, 7) is 6.69. The second kappa shape index (κ2) is 19.7. The Balaban J connectivity index is 1.54. The van der Waals surface area contributed by atoms with Crippen molar-refractivity contribution in [3.8, 4) is 17.2 Å². The Morgan fingerprint density at radius 3 is 2.45 bits per heavy atom. The summed E-state index contributed by atoms with van der Waals surface area (Å²) in [5, 5.41) is 24.6. The number of hydrogen-bond acceptors (Lipinski definition) is 10. The van der Waals surface area contributed by atoms with Crippen molar-refractivity contribution >= 4 is 23.6 Å². The zero-order chi connectivity index (χ0) is 39.5. The van der Waals surface area contributed by atoms with E-state index in [4.69, 9.17) is 28.9 Å². The van der Waals surface area contributed by atoms with Crippen LogP contribution in [0, 0.1) is 17.8 Å². The van der Waals surface area contributed by atoms with Gasteiger partial charge in [-0.05, 0) is 104 Å². The van der Waals surface area contributed by atoms with Crippen molar-refractivity contribution < 1.29 is 38.8 Å². The minimum atomic E-state index is -1.35. The molecule has 3 aromatic rings. The number of aliphatic hydroxyl groups is 2. The maximum atomic E-state index is 13.7. The monoisotopic (exact) mass is 784 g/mol. The van der Waals surface area contributed by atoms with Gasteiger partial charge in [-0.3, -0.25) is 0 Å². The number of carbonyl (C=O) groups is 1. The number of thioether (sulfide) groups is 1. The number of oxime groups is 1. The predicted molar refractivity (Wildman–Crippen MR) is 219 cm³/mol. The van der Waals surface area contributed by atoms with Crippen molar-refractivity contribution in [1.29, 1.82) is 0 Å². The molecule has 0 saturated heterocycles. The van der Waals surface area contributed by atoms with E-state index in [1.54, 1.807) is 36.7 Å². The second-order valence-corrected chi connectivity index (χ2v) is 15.5. The standard InChI is InChI=1S/C45H56N2O8S/c1-5-26-52-45-41(47(3)44(50)51-6-2)29-39(46-53-30-31-14-8-7-9-15-31)37-27-32(16-10-12-24-48)36(17-11-13-25-49)42(43(37)45)38-28-34(20-23-40(38)55-45)54-33-18-21-35(56-4)22-19-33/h5,7-9,14-15,18-23,27-28,32,36,41-43,48-49H,1,6,10-13,16-17,24-26,29-30H2,2-4H3/t32-,36+,41-,42+,43+,45+/m0/s1. The molecule has 1 amide bonds. The van der Waals surface area contributed by atoms with Crippen molar-refractivity contribution in [2.75, 3.05) is 39.7 Å². The van der Waals surface area contributed by atoms with Crippen molar-refractivity contribution in [2.24, 2.45) is 22.9 Å². The van der Waals surface area contributed by atoms with E-state index in [1.807, 2.05) is 73.0 Å². The average molecular weight is 785 g/mol. The number of nitrogens with zero attached hydrogens (tertiary/aromatic N) is 2. The molecule has 11 heteroatoms. The SMILES string of the molecule is C=CCO[C@@]12Oc3ccc(Oc4ccc(SC)cc4)cc3[C@H]3[C@H](CCCCO)[C@@H](CCCCO)C=C(C(=NOCc4ccccc4)C[C@@H]1N(C)C(=O)OCC)[C@H]32. The smallest absolute Gasteiger partial charge is 0.409 e. The Hall–Kier alpha value is -4.29. The average Bonchev–Trinajstić information content (AvgIpc) is 3.22. The van der Waals surface area contributed by atoms with Crippen LogP contribution < -0.4 is 9.47 Å². The predicted octanol–water partition coefficient (Wildman–Crippen LogP) is 9.12. The van der Waals surface area contributed by atoms with Crippen LogP contribution in [0.2, 0.25) is 0 Å². The summed E-state index contributed by atoms with van der Waals surface area (Å²) < 4.78 is 26.2. The Bertz CT molecular complexity index is 1820. The van der Waals surface area contributed by atoms with Gasteiger partial charge in [0, 0.05) is 43.1 Å². The lowest BCUT2D eigenvalue weighted by molar-refractivity contribution is -0.253. The highest BCUT2D eigenvalue weighted by molar-refractivity contribution is 7.98. The van der Waals surface area contributed by atoms with E-state index in [0.717, 1.165) is 58.7 Å². The minimum absolute atomic E-state index is 0.0950. The summed E-state index contributed by atoms with van der Waals surface area (Å²) in [6, 6.07) is 23.2. The minimum Gasteiger partial charge on any atom is -0.459 e. The number of allylic oxidation sites excluding steroid dienone is 1. The third-order valence-corrected chi connectivity index (χ3v) is 12.0. The Kier molecular flexibility index (Phi) is 14.6. The van der Waals surface area contributed by atoms with E-state index < -0.39 is 23.8 Å². The number of fused-ring (bicyclic) bond motifs is 2. The molecule has 0 bridgehead atoms. The zero-order valence-corrected chi connectivity index (χ0v) is 33.6. The van der Waals surface area contributed by atoms with Crippen LogP contribution in [0.3, 0.4) is 0 Å². The molecule has 1 heterocycles. The number of carbonyl (C=O) groups excluding carboxylic acids is 1. The molecule has 300 valence electrons. The topological polar surface area (TPSA) is 119 Å². The van der Waals surface area contributed by atoms with Crippen LogP contribution in [0.5, 0.6) is 17.2 Å². The fourth-order valence-electron chi connectivity index (χ4n) is 8.68. The summed E-state index contributed by atoms with van der Waals surface area (Å²) in [7, 11) is 1.73. The fourth-order valence-corrected chi connectivity index (χ4v) is 9.09. The highest BCUT2D eigenvalue weighted by atomic mass is 32.2. The molecule has 3 aliphatic rings. The number of hydrogen-bond donors (Lipinski definition) is 2. The molecule has 6 atom stereocenters. The number of likely N-dealkylation sites (N-methyl/N-ethyl adjacent to an activating group) is 1. The Labute approximate surface area is 335 Å². The van der Waals surface area contributed by atoms with Crippen LogP contribution in [-0.2, 0) is 20.9 Å². The van der Waals surface area contributed by atoms with Gasteiger partial charge in [-0.1, -0.05) is 60.5 Å². The molecular weight excluding hydrogens is 729 g/mol. The molecular formula is C45H56N2O8S. The summed E-state index contributed by atoms with van der Waals surface area (Å²) >= 11 is 1.68. The Morgan fingerprint density at radius 2 is 1.75 bits per heavy atom. The van der Waals surface area contributed by atoms with Gasteiger partial charge in [0.1, 0.15) is 29.9 Å². The molecule has 0 aromatic heterocycles. The number of benzene rings is 3. The summed E-state index contributed by atoms with van der Waals surface area (Å²) in [5.74, 6) is 0.342. The van der Waals surface area contributed by atoms with E-state index in [1.165, 1.54) is 0 Å². The molecule has 1 saturated carbocycles. The van der Waals surface area contributed by atoms with Gasteiger partial charge in [0.2, 0.25) is 5.79 Å². The first-order valence-electron chi connectivity index (χ1n) is 19.8. The van der Waals surface area contributed by atoms with Gasteiger partial charge in [0.15, 0.2) is 0 Å². The third-order valence-electron chi connectivity index (χ3n) is 11.2. The first kappa shape index (κ1) is 41.3. The lowest BCUT2D eigenvalue weighted by atomic mass is 9.55. The number of aliphatic hydroxyl groups excluding tert-OH is 2.